The van der Waals surface area contributed by atoms with Crippen molar-refractivity contribution in [1.29, 1.82) is 0 Å². The molecule has 1 N–H and O–H groups in total. The first-order valence-electron chi connectivity index (χ1n) is 9.08. The maximum absolute atomic E-state index is 11.9. The molecule has 3 nitrogen and oxygen atoms in total. The number of carbonyl (C=O) groups is 1. The van der Waals surface area contributed by atoms with Crippen LogP contribution in [0.25, 0.3) is 10.9 Å². The number of rotatable bonds is 11. The van der Waals surface area contributed by atoms with Crippen LogP contribution in [0.5, 0.6) is 5.88 Å². The molecule has 0 amide bonds. The van der Waals surface area contributed by atoms with Gasteiger partial charge in [0.05, 0.1) is 0 Å². The van der Waals surface area contributed by atoms with E-state index in [0.29, 0.717) is 12.3 Å². The molecule has 0 aliphatic rings. The number of carbonyl (C=O) groups excluding carboxylic acids is 1. The predicted octanol–water partition coefficient (Wildman–Crippen LogP) is 5.99. The molecule has 23 heavy (non-hydrogen) atoms. The van der Waals surface area contributed by atoms with Crippen molar-refractivity contribution in [2.24, 2.45) is 0 Å². The fraction of sp³-hybridized carbons (Fsp3) is 0.550. The highest BCUT2D eigenvalue weighted by Crippen LogP contribution is 2.20. The molecule has 0 saturated heterocycles. The Balaban J connectivity index is 1.55. The summed E-state index contributed by atoms with van der Waals surface area (Å²) < 4.78 is 5.38. The lowest BCUT2D eigenvalue weighted by Crippen LogP contribution is -2.07. The molecule has 1 aromatic carbocycles. The van der Waals surface area contributed by atoms with Crippen molar-refractivity contribution in [2.45, 2.75) is 71.1 Å². The molecule has 1 aromatic heterocycles. The van der Waals surface area contributed by atoms with Crippen LogP contribution in [-0.2, 0) is 4.79 Å². The SMILES string of the molecule is CCCCCCCCCCCC(=O)Oc1cc2ccccc2[nH]1. The minimum atomic E-state index is -0.139. The third-order valence-electron chi connectivity index (χ3n) is 4.21. The summed E-state index contributed by atoms with van der Waals surface area (Å²) in [5.41, 5.74) is 0.998. The van der Waals surface area contributed by atoms with Crippen molar-refractivity contribution < 1.29 is 9.53 Å². The van der Waals surface area contributed by atoms with E-state index >= 15 is 0 Å². The summed E-state index contributed by atoms with van der Waals surface area (Å²) >= 11 is 0. The number of unbranched alkanes of at least 4 members (excludes halogenated alkanes) is 8. The third-order valence-corrected chi connectivity index (χ3v) is 4.21. The molecule has 0 fully saturated rings. The van der Waals surface area contributed by atoms with Crippen molar-refractivity contribution in [1.82, 2.24) is 4.98 Å². The van der Waals surface area contributed by atoms with Crippen molar-refractivity contribution in [3.63, 3.8) is 0 Å². The second kappa shape index (κ2) is 10.1. The number of benzene rings is 1. The fourth-order valence-corrected chi connectivity index (χ4v) is 2.86. The first-order chi connectivity index (χ1) is 11.3. The Morgan fingerprint density at radius 3 is 2.30 bits per heavy atom. The Kier molecular flexibility index (Phi) is 7.71. The van der Waals surface area contributed by atoms with E-state index in [9.17, 15) is 4.79 Å². The molecule has 2 rings (SSSR count). The first kappa shape index (κ1) is 17.6. The number of nitrogens with one attached hydrogen (secondary N) is 1. The molecule has 0 bridgehead atoms. The Morgan fingerprint density at radius 1 is 0.957 bits per heavy atom. The maximum Gasteiger partial charge on any atom is 0.312 e. The van der Waals surface area contributed by atoms with Crippen LogP contribution in [0, 0.1) is 0 Å². The number of aromatic amines is 1. The Hall–Kier alpha value is -1.77. The fourth-order valence-electron chi connectivity index (χ4n) is 2.86. The highest BCUT2D eigenvalue weighted by molar-refractivity contribution is 5.82. The van der Waals surface area contributed by atoms with Gasteiger partial charge >= 0.3 is 5.97 Å². The molecule has 0 aliphatic carbocycles. The monoisotopic (exact) mass is 315 g/mol. The lowest BCUT2D eigenvalue weighted by Gasteiger charge is -2.03. The van der Waals surface area contributed by atoms with E-state index in [4.69, 9.17) is 4.74 Å². The van der Waals surface area contributed by atoms with E-state index in [0.717, 1.165) is 23.7 Å². The van der Waals surface area contributed by atoms with E-state index < -0.39 is 0 Å². The summed E-state index contributed by atoms with van der Waals surface area (Å²) in [6.07, 6.45) is 11.8. The van der Waals surface area contributed by atoms with Crippen LogP contribution in [0.2, 0.25) is 0 Å². The van der Waals surface area contributed by atoms with E-state index in [1.807, 2.05) is 30.3 Å². The third kappa shape index (κ3) is 6.47. The second-order valence-electron chi connectivity index (χ2n) is 6.27. The van der Waals surface area contributed by atoms with Crippen LogP contribution in [-0.4, -0.2) is 11.0 Å². The van der Waals surface area contributed by atoms with Gasteiger partial charge in [0, 0.05) is 23.4 Å². The number of ether oxygens (including phenoxy) is 1. The minimum absolute atomic E-state index is 0.139. The zero-order valence-electron chi connectivity index (χ0n) is 14.3. The minimum Gasteiger partial charge on any atom is -0.409 e. The van der Waals surface area contributed by atoms with E-state index in [1.54, 1.807) is 0 Å². The number of H-pyrrole nitrogens is 1. The van der Waals surface area contributed by atoms with Crippen LogP contribution >= 0.6 is 0 Å². The average Bonchev–Trinajstić information content (AvgIpc) is 2.95. The van der Waals surface area contributed by atoms with Gasteiger partial charge in [-0.3, -0.25) is 4.79 Å². The van der Waals surface area contributed by atoms with Gasteiger partial charge in [-0.15, -0.1) is 0 Å². The molecule has 1 heterocycles. The number of hydrogen-bond acceptors (Lipinski definition) is 2. The van der Waals surface area contributed by atoms with Gasteiger partial charge in [0.1, 0.15) is 0 Å². The molecular weight excluding hydrogens is 286 g/mol. The Labute approximate surface area is 139 Å². The summed E-state index contributed by atoms with van der Waals surface area (Å²) in [5, 5.41) is 1.07. The summed E-state index contributed by atoms with van der Waals surface area (Å²) in [4.78, 5) is 15.0. The zero-order valence-corrected chi connectivity index (χ0v) is 14.3. The second-order valence-corrected chi connectivity index (χ2v) is 6.27. The van der Waals surface area contributed by atoms with Gasteiger partial charge in [-0.1, -0.05) is 76.5 Å². The molecule has 2 aromatic rings. The van der Waals surface area contributed by atoms with Crippen LogP contribution < -0.4 is 4.74 Å². The van der Waals surface area contributed by atoms with Gasteiger partial charge in [0.15, 0.2) is 0 Å². The summed E-state index contributed by atoms with van der Waals surface area (Å²) in [5.74, 6) is 0.409. The predicted molar refractivity (Wildman–Crippen MR) is 95.8 cm³/mol. The molecule has 126 valence electrons. The normalized spacial score (nSPS) is 11.0. The molecule has 3 heteroatoms. The number of hydrogen-bond donors (Lipinski definition) is 1. The first-order valence-corrected chi connectivity index (χ1v) is 9.08. The average molecular weight is 315 g/mol. The maximum atomic E-state index is 11.9. The van der Waals surface area contributed by atoms with Crippen molar-refractivity contribution in [3.8, 4) is 5.88 Å². The molecule has 0 saturated carbocycles. The zero-order chi connectivity index (χ0) is 16.3. The van der Waals surface area contributed by atoms with E-state index in [2.05, 4.69) is 11.9 Å². The van der Waals surface area contributed by atoms with Gasteiger partial charge in [-0.25, -0.2) is 0 Å². The van der Waals surface area contributed by atoms with Crippen molar-refractivity contribution in [3.05, 3.63) is 30.3 Å². The van der Waals surface area contributed by atoms with Crippen LogP contribution in [0.3, 0.4) is 0 Å². The number of fused-ring (bicyclic) bond motifs is 1. The number of para-hydroxylation sites is 1. The molecule has 0 unspecified atom stereocenters. The van der Waals surface area contributed by atoms with Crippen LogP contribution in [0.1, 0.15) is 71.1 Å². The molecule has 0 radical (unpaired) electrons. The van der Waals surface area contributed by atoms with Gasteiger partial charge in [-0.2, -0.15) is 0 Å². The Morgan fingerprint density at radius 2 is 1.61 bits per heavy atom. The largest absolute Gasteiger partial charge is 0.409 e. The molecule has 0 aliphatic heterocycles. The Bertz CT molecular complexity index is 555. The van der Waals surface area contributed by atoms with E-state index in [1.165, 1.54) is 44.9 Å². The lowest BCUT2D eigenvalue weighted by molar-refractivity contribution is -0.134. The highest BCUT2D eigenvalue weighted by atomic mass is 16.5. The molecular formula is C20H29NO2. The molecule has 0 spiro atoms. The van der Waals surface area contributed by atoms with Gasteiger partial charge < -0.3 is 9.72 Å². The standard InChI is InChI=1S/C20H29NO2/c1-2-3-4-5-6-7-8-9-10-15-20(22)23-19-16-17-13-11-12-14-18(17)21-19/h11-14,16,21H,2-10,15H2,1H3. The topological polar surface area (TPSA) is 42.1 Å². The summed E-state index contributed by atoms with van der Waals surface area (Å²) in [7, 11) is 0. The van der Waals surface area contributed by atoms with Crippen LogP contribution in [0.4, 0.5) is 0 Å². The quantitative estimate of drug-likeness (QED) is 0.408. The van der Waals surface area contributed by atoms with E-state index in [-0.39, 0.29) is 5.97 Å². The smallest absolute Gasteiger partial charge is 0.312 e. The van der Waals surface area contributed by atoms with Gasteiger partial charge in [0.25, 0.3) is 0 Å². The number of aromatic nitrogens is 1. The number of esters is 1. The lowest BCUT2D eigenvalue weighted by atomic mass is 10.1. The van der Waals surface area contributed by atoms with Crippen LogP contribution in [0.15, 0.2) is 30.3 Å². The van der Waals surface area contributed by atoms with Crippen molar-refractivity contribution >= 4 is 16.9 Å². The molecule has 0 atom stereocenters. The van der Waals surface area contributed by atoms with Crippen molar-refractivity contribution in [2.75, 3.05) is 0 Å². The van der Waals surface area contributed by atoms with Gasteiger partial charge in [-0.05, 0) is 12.5 Å². The highest BCUT2D eigenvalue weighted by Gasteiger charge is 2.07. The summed E-state index contributed by atoms with van der Waals surface area (Å²) in [6.45, 7) is 2.24. The van der Waals surface area contributed by atoms with Gasteiger partial charge in [0.2, 0.25) is 5.88 Å². The summed E-state index contributed by atoms with van der Waals surface area (Å²) in [6, 6.07) is 9.80.